The van der Waals surface area contributed by atoms with Gasteiger partial charge in [0.05, 0.1) is 0 Å². The van der Waals surface area contributed by atoms with E-state index in [1.165, 1.54) is 4.90 Å². The second kappa shape index (κ2) is 13.3. The third-order valence-corrected chi connectivity index (χ3v) is 6.73. The van der Waals surface area contributed by atoms with E-state index in [0.29, 0.717) is 17.7 Å². The van der Waals surface area contributed by atoms with Crippen molar-refractivity contribution in [2.24, 2.45) is 5.92 Å². The lowest BCUT2D eigenvalue weighted by Crippen LogP contribution is -2.54. The predicted molar refractivity (Wildman–Crippen MR) is 161 cm³/mol. The SMILES string of the molecule is C=CCN(C(=O)C(NC(=O)OC(C)(C)C)C(C)CC)C(C(=O)Nc1ccc2ccccc2c1)c1ccc(C)cc1. The van der Waals surface area contributed by atoms with Gasteiger partial charge in [0.1, 0.15) is 17.7 Å². The van der Waals surface area contributed by atoms with Gasteiger partial charge in [-0.2, -0.15) is 0 Å². The van der Waals surface area contributed by atoms with Gasteiger partial charge in [-0.05, 0) is 62.1 Å². The van der Waals surface area contributed by atoms with E-state index in [-0.39, 0.29) is 24.3 Å². The number of aryl methyl sites for hydroxylation is 1. The molecule has 7 nitrogen and oxygen atoms in total. The number of anilines is 1. The Morgan fingerprint density at radius 2 is 1.65 bits per heavy atom. The number of rotatable bonds is 10. The molecule has 0 aliphatic carbocycles. The van der Waals surface area contributed by atoms with E-state index in [1.807, 2.05) is 87.5 Å². The van der Waals surface area contributed by atoms with E-state index in [0.717, 1.165) is 16.3 Å². The number of nitrogens with zero attached hydrogens (tertiary/aromatic N) is 1. The minimum Gasteiger partial charge on any atom is -0.444 e. The van der Waals surface area contributed by atoms with Crippen LogP contribution in [0.15, 0.2) is 79.4 Å². The zero-order valence-electron chi connectivity index (χ0n) is 24.4. The van der Waals surface area contributed by atoms with Gasteiger partial charge >= 0.3 is 6.09 Å². The maximum Gasteiger partial charge on any atom is 0.408 e. The minimum atomic E-state index is -0.968. The number of ether oxygens (including phenoxy) is 1. The lowest BCUT2D eigenvalue weighted by atomic mass is 9.95. The summed E-state index contributed by atoms with van der Waals surface area (Å²) in [5.41, 5.74) is 1.58. The van der Waals surface area contributed by atoms with Crippen LogP contribution >= 0.6 is 0 Å². The number of carbonyl (C=O) groups is 3. The van der Waals surface area contributed by atoms with Crippen LogP contribution in [-0.2, 0) is 14.3 Å². The molecule has 212 valence electrons. The van der Waals surface area contributed by atoms with E-state index in [2.05, 4.69) is 17.2 Å². The molecule has 3 aromatic carbocycles. The number of nitrogens with one attached hydrogen (secondary N) is 2. The predicted octanol–water partition coefficient (Wildman–Crippen LogP) is 6.78. The Labute approximate surface area is 237 Å². The molecule has 2 N–H and O–H groups in total. The topological polar surface area (TPSA) is 87.7 Å². The third-order valence-electron chi connectivity index (χ3n) is 6.73. The standard InChI is InChI=1S/C33H41N3O4/c1-8-20-36(31(38)28(23(4)9-2)35-32(39)40-33(5,6)7)29(25-16-14-22(3)15-17-25)30(37)34-27-19-18-24-12-10-11-13-26(24)21-27/h8,10-19,21,23,28-29H,1,9,20H2,2-7H3,(H,34,37)(H,35,39). The summed E-state index contributed by atoms with van der Waals surface area (Å²) in [4.78, 5) is 42.4. The second-order valence-electron chi connectivity index (χ2n) is 11.2. The largest absolute Gasteiger partial charge is 0.444 e. The summed E-state index contributed by atoms with van der Waals surface area (Å²) >= 11 is 0. The Kier molecular flexibility index (Phi) is 10.1. The number of hydrogen-bond acceptors (Lipinski definition) is 4. The van der Waals surface area contributed by atoms with Gasteiger partial charge in [0, 0.05) is 12.2 Å². The van der Waals surface area contributed by atoms with Crippen molar-refractivity contribution in [3.05, 3.63) is 90.5 Å². The van der Waals surface area contributed by atoms with Crippen molar-refractivity contribution >= 4 is 34.4 Å². The molecular weight excluding hydrogens is 502 g/mol. The number of fused-ring (bicyclic) bond motifs is 1. The molecule has 40 heavy (non-hydrogen) atoms. The first-order valence-corrected chi connectivity index (χ1v) is 13.7. The van der Waals surface area contributed by atoms with Crippen LogP contribution < -0.4 is 10.6 Å². The lowest BCUT2D eigenvalue weighted by molar-refractivity contribution is -0.141. The van der Waals surface area contributed by atoms with Crippen LogP contribution in [-0.4, -0.2) is 41.0 Å². The molecule has 3 amide bonds. The molecule has 0 fully saturated rings. The van der Waals surface area contributed by atoms with Crippen LogP contribution in [0.25, 0.3) is 10.8 Å². The first kappa shape index (κ1) is 30.4. The van der Waals surface area contributed by atoms with E-state index >= 15 is 0 Å². The number of carbonyl (C=O) groups excluding carboxylic acids is 3. The highest BCUT2D eigenvalue weighted by molar-refractivity contribution is 6.00. The smallest absolute Gasteiger partial charge is 0.408 e. The quantitative estimate of drug-likeness (QED) is 0.276. The first-order chi connectivity index (χ1) is 18.9. The van der Waals surface area contributed by atoms with Gasteiger partial charge < -0.3 is 20.3 Å². The Balaban J connectivity index is 2.01. The van der Waals surface area contributed by atoms with Crippen molar-refractivity contribution in [3.8, 4) is 0 Å². The van der Waals surface area contributed by atoms with Crippen molar-refractivity contribution in [2.75, 3.05) is 11.9 Å². The molecule has 0 heterocycles. The van der Waals surface area contributed by atoms with Crippen molar-refractivity contribution < 1.29 is 19.1 Å². The molecule has 0 saturated carbocycles. The highest BCUT2D eigenvalue weighted by atomic mass is 16.6. The molecule has 3 aromatic rings. The Hall–Kier alpha value is -4.13. The molecule has 0 saturated heterocycles. The highest BCUT2D eigenvalue weighted by Crippen LogP contribution is 2.27. The minimum absolute atomic E-state index is 0.103. The number of benzene rings is 3. The number of alkyl carbamates (subject to hydrolysis) is 1. The van der Waals surface area contributed by atoms with Crippen LogP contribution in [0.4, 0.5) is 10.5 Å². The van der Waals surface area contributed by atoms with Gasteiger partial charge in [0.2, 0.25) is 5.91 Å². The van der Waals surface area contributed by atoms with Gasteiger partial charge in [-0.3, -0.25) is 9.59 Å². The van der Waals surface area contributed by atoms with Gasteiger partial charge in [-0.1, -0.05) is 86.5 Å². The molecule has 0 bridgehead atoms. The summed E-state index contributed by atoms with van der Waals surface area (Å²) in [5.74, 6) is -0.969. The normalized spacial score (nSPS) is 13.6. The number of hydrogen-bond donors (Lipinski definition) is 2. The Morgan fingerprint density at radius 1 is 1.00 bits per heavy atom. The van der Waals surface area contributed by atoms with Gasteiger partial charge in [-0.15, -0.1) is 6.58 Å². The van der Waals surface area contributed by atoms with Crippen molar-refractivity contribution in [1.82, 2.24) is 10.2 Å². The highest BCUT2D eigenvalue weighted by Gasteiger charge is 2.37. The first-order valence-electron chi connectivity index (χ1n) is 13.7. The van der Waals surface area contributed by atoms with Crippen LogP contribution in [0.5, 0.6) is 0 Å². The second-order valence-corrected chi connectivity index (χ2v) is 11.2. The van der Waals surface area contributed by atoms with Crippen LogP contribution in [0.1, 0.15) is 58.2 Å². The lowest BCUT2D eigenvalue weighted by Gasteiger charge is -2.35. The fourth-order valence-electron chi connectivity index (χ4n) is 4.46. The molecular formula is C33H41N3O4. The average molecular weight is 544 g/mol. The van der Waals surface area contributed by atoms with Gasteiger partial charge in [0.15, 0.2) is 0 Å². The molecule has 0 spiro atoms. The monoisotopic (exact) mass is 543 g/mol. The van der Waals surface area contributed by atoms with Crippen molar-refractivity contribution in [1.29, 1.82) is 0 Å². The molecule has 0 aliphatic heterocycles. The van der Waals surface area contributed by atoms with Crippen LogP contribution in [0, 0.1) is 12.8 Å². The molecule has 0 aromatic heterocycles. The molecule has 3 atom stereocenters. The Morgan fingerprint density at radius 3 is 2.25 bits per heavy atom. The maximum atomic E-state index is 14.2. The summed E-state index contributed by atoms with van der Waals surface area (Å²) in [5, 5.41) is 7.83. The Bertz CT molecular complexity index is 1340. The zero-order chi connectivity index (χ0) is 29.4. The van der Waals surface area contributed by atoms with E-state index in [9.17, 15) is 14.4 Å². The third kappa shape index (κ3) is 7.94. The summed E-state index contributed by atoms with van der Waals surface area (Å²) in [6.07, 6.45) is 1.54. The average Bonchev–Trinajstić information content (AvgIpc) is 2.90. The maximum absolute atomic E-state index is 14.2. The van der Waals surface area contributed by atoms with E-state index < -0.39 is 23.8 Å². The van der Waals surface area contributed by atoms with Gasteiger partial charge in [-0.25, -0.2) is 4.79 Å². The van der Waals surface area contributed by atoms with Crippen LogP contribution in [0.3, 0.4) is 0 Å². The summed E-state index contributed by atoms with van der Waals surface area (Å²) in [6.45, 7) is 15.0. The molecule has 7 heteroatoms. The van der Waals surface area contributed by atoms with Crippen molar-refractivity contribution in [2.45, 2.75) is 65.6 Å². The molecule has 3 unspecified atom stereocenters. The number of amides is 3. The van der Waals surface area contributed by atoms with E-state index in [1.54, 1.807) is 26.8 Å². The van der Waals surface area contributed by atoms with Gasteiger partial charge in [0.25, 0.3) is 5.91 Å². The zero-order valence-corrected chi connectivity index (χ0v) is 24.4. The molecule has 0 aliphatic rings. The fraction of sp³-hybridized carbons (Fsp3) is 0.364. The fourth-order valence-corrected chi connectivity index (χ4v) is 4.46. The summed E-state index contributed by atoms with van der Waals surface area (Å²) < 4.78 is 5.45. The molecule has 0 radical (unpaired) electrons. The van der Waals surface area contributed by atoms with E-state index in [4.69, 9.17) is 4.74 Å². The van der Waals surface area contributed by atoms with Crippen LogP contribution in [0.2, 0.25) is 0 Å². The van der Waals surface area contributed by atoms with Crippen molar-refractivity contribution in [3.63, 3.8) is 0 Å². The molecule has 3 rings (SSSR count). The summed E-state index contributed by atoms with van der Waals surface area (Å²) in [6, 6.07) is 19.2. The summed E-state index contributed by atoms with van der Waals surface area (Å²) in [7, 11) is 0.